The van der Waals surface area contributed by atoms with Gasteiger partial charge in [0.1, 0.15) is 11.6 Å². The Morgan fingerprint density at radius 2 is 1.69 bits per heavy atom. The fraction of sp³-hybridized carbons (Fsp3) is 0.385. The molecule has 2 amide bonds. The van der Waals surface area contributed by atoms with Crippen LogP contribution in [-0.2, 0) is 15.6 Å². The van der Waals surface area contributed by atoms with Gasteiger partial charge in [0.2, 0.25) is 0 Å². The van der Waals surface area contributed by atoms with E-state index in [1.54, 1.807) is 13.2 Å². The normalized spacial score (nSPS) is 20.3. The lowest BCUT2D eigenvalue weighted by atomic mass is 9.62. The number of amides is 2. The minimum atomic E-state index is -0.516. The van der Waals surface area contributed by atoms with Gasteiger partial charge in [0.25, 0.3) is 11.1 Å². The van der Waals surface area contributed by atoms with Crippen molar-refractivity contribution in [1.29, 1.82) is 0 Å². The van der Waals surface area contributed by atoms with E-state index in [-0.39, 0.29) is 21.3 Å². The van der Waals surface area contributed by atoms with Crippen LogP contribution in [0.1, 0.15) is 62.8 Å². The number of halogens is 1. The fourth-order valence-electron chi connectivity index (χ4n) is 4.71. The molecule has 0 atom stereocenters. The van der Waals surface area contributed by atoms with Gasteiger partial charge < -0.3 is 4.74 Å². The summed E-state index contributed by atoms with van der Waals surface area (Å²) in [5.74, 6) is -0.472. The summed E-state index contributed by atoms with van der Waals surface area (Å²) in [6.07, 6.45) is 3.62. The number of rotatable bonds is 3. The molecule has 1 heterocycles. The molecule has 32 heavy (non-hydrogen) atoms. The van der Waals surface area contributed by atoms with E-state index in [1.807, 2.05) is 6.92 Å². The summed E-state index contributed by atoms with van der Waals surface area (Å²) in [5.41, 5.74) is 5.33. The standard InChI is InChI=1S/C26H28FNO3S/c1-14-11-17-18(26(4,5)10-9-25(17,2)3)12-15(14)22-16(19(27)7-8-20(22)31-6)13-21-23(29)28-24(30)32-21/h7-8,11-13H,9-10H2,1-6H3,(H,28,29,30)/b21-13-. The zero-order valence-corrected chi connectivity index (χ0v) is 20.1. The molecule has 0 saturated carbocycles. The van der Waals surface area contributed by atoms with Crippen molar-refractivity contribution in [1.82, 2.24) is 5.32 Å². The zero-order chi connectivity index (χ0) is 23.4. The van der Waals surface area contributed by atoms with Crippen molar-refractivity contribution in [3.63, 3.8) is 0 Å². The maximum atomic E-state index is 15.1. The summed E-state index contributed by atoms with van der Waals surface area (Å²) in [7, 11) is 1.55. The predicted molar refractivity (Wildman–Crippen MR) is 128 cm³/mol. The minimum absolute atomic E-state index is 0.0138. The van der Waals surface area contributed by atoms with Gasteiger partial charge in [-0.25, -0.2) is 4.39 Å². The van der Waals surface area contributed by atoms with Crippen molar-refractivity contribution in [2.24, 2.45) is 0 Å². The van der Waals surface area contributed by atoms with Gasteiger partial charge in [0, 0.05) is 11.1 Å². The molecule has 0 unspecified atom stereocenters. The molecular weight excluding hydrogens is 425 g/mol. The summed E-state index contributed by atoms with van der Waals surface area (Å²) < 4.78 is 20.8. The monoisotopic (exact) mass is 453 g/mol. The van der Waals surface area contributed by atoms with Crippen molar-refractivity contribution in [3.8, 4) is 16.9 Å². The first-order valence-corrected chi connectivity index (χ1v) is 11.5. The molecule has 0 spiro atoms. The maximum absolute atomic E-state index is 15.1. The summed E-state index contributed by atoms with van der Waals surface area (Å²) in [4.78, 5) is 23.9. The highest BCUT2D eigenvalue weighted by molar-refractivity contribution is 8.18. The van der Waals surface area contributed by atoms with Crippen molar-refractivity contribution in [2.45, 2.75) is 58.3 Å². The van der Waals surface area contributed by atoms with E-state index >= 15 is 4.39 Å². The van der Waals surface area contributed by atoms with E-state index in [2.05, 4.69) is 45.1 Å². The molecule has 1 saturated heterocycles. The number of fused-ring (bicyclic) bond motifs is 1. The second-order valence-electron chi connectivity index (χ2n) is 9.87. The smallest absolute Gasteiger partial charge is 0.290 e. The van der Waals surface area contributed by atoms with Crippen LogP contribution in [0.2, 0.25) is 0 Å². The Labute approximate surface area is 192 Å². The van der Waals surface area contributed by atoms with E-state index in [1.165, 1.54) is 23.3 Å². The largest absolute Gasteiger partial charge is 0.496 e. The van der Waals surface area contributed by atoms with Crippen LogP contribution in [-0.4, -0.2) is 18.3 Å². The zero-order valence-electron chi connectivity index (χ0n) is 19.3. The van der Waals surface area contributed by atoms with E-state index in [0.29, 0.717) is 11.3 Å². The van der Waals surface area contributed by atoms with Crippen LogP contribution in [0.4, 0.5) is 9.18 Å². The lowest BCUT2D eigenvalue weighted by molar-refractivity contribution is -0.115. The third kappa shape index (κ3) is 3.75. The number of hydrogen-bond donors (Lipinski definition) is 1. The Morgan fingerprint density at radius 3 is 2.25 bits per heavy atom. The first-order chi connectivity index (χ1) is 14.9. The number of methoxy groups -OCH3 is 1. The number of carbonyl (C=O) groups is 2. The summed E-state index contributed by atoms with van der Waals surface area (Å²) in [6.45, 7) is 11.1. The molecule has 1 aliphatic heterocycles. The van der Waals surface area contributed by atoms with Crippen LogP contribution >= 0.6 is 11.8 Å². The molecule has 1 N–H and O–H groups in total. The van der Waals surface area contributed by atoms with E-state index in [9.17, 15) is 9.59 Å². The number of nitrogens with one attached hydrogen (secondary N) is 1. The third-order valence-corrected chi connectivity index (χ3v) is 7.57. The number of imide groups is 1. The van der Waals surface area contributed by atoms with Crippen molar-refractivity contribution in [3.05, 3.63) is 57.2 Å². The highest BCUT2D eigenvalue weighted by Gasteiger charge is 2.38. The number of hydrogen-bond acceptors (Lipinski definition) is 4. The summed E-state index contributed by atoms with van der Waals surface area (Å²) >= 11 is 0.775. The lowest BCUT2D eigenvalue weighted by Gasteiger charge is -2.42. The number of ether oxygens (including phenoxy) is 1. The predicted octanol–water partition coefficient (Wildman–Crippen LogP) is 6.48. The van der Waals surface area contributed by atoms with Gasteiger partial charge in [0.05, 0.1) is 12.0 Å². The molecule has 1 fully saturated rings. The SMILES string of the molecule is COc1ccc(F)c(/C=C2\SC(=O)NC2=O)c1-c1cc2c(cc1C)C(C)(C)CCC2(C)C. The Hall–Kier alpha value is -2.60. The number of thioether (sulfide) groups is 1. The van der Waals surface area contributed by atoms with Crippen molar-refractivity contribution >= 4 is 29.0 Å². The first-order valence-electron chi connectivity index (χ1n) is 10.7. The quantitative estimate of drug-likeness (QED) is 0.540. The maximum Gasteiger partial charge on any atom is 0.290 e. The van der Waals surface area contributed by atoms with Crippen molar-refractivity contribution in [2.75, 3.05) is 7.11 Å². The molecule has 0 bridgehead atoms. The average molecular weight is 454 g/mol. The third-order valence-electron chi connectivity index (χ3n) is 6.76. The number of benzene rings is 2. The van der Waals surface area contributed by atoms with Crippen LogP contribution in [0.25, 0.3) is 17.2 Å². The first kappa shape index (κ1) is 22.6. The highest BCUT2D eigenvalue weighted by atomic mass is 32.2. The number of aryl methyl sites for hydroxylation is 1. The lowest BCUT2D eigenvalue weighted by Crippen LogP contribution is -2.34. The number of carbonyl (C=O) groups excluding carboxylic acids is 2. The molecule has 4 rings (SSSR count). The molecule has 2 aromatic carbocycles. The van der Waals surface area contributed by atoms with Gasteiger partial charge in [-0.05, 0) is 88.9 Å². The van der Waals surface area contributed by atoms with Crippen LogP contribution < -0.4 is 10.1 Å². The second-order valence-corrected chi connectivity index (χ2v) is 10.9. The van der Waals surface area contributed by atoms with Crippen LogP contribution in [0.15, 0.2) is 29.2 Å². The van der Waals surface area contributed by atoms with Gasteiger partial charge in [0.15, 0.2) is 0 Å². The minimum Gasteiger partial charge on any atom is -0.496 e. The molecule has 0 aromatic heterocycles. The van der Waals surface area contributed by atoms with Crippen LogP contribution in [0.3, 0.4) is 0 Å². The molecular formula is C26H28FNO3S. The Balaban J connectivity index is 2.01. The molecule has 0 radical (unpaired) electrons. The van der Waals surface area contributed by atoms with Crippen molar-refractivity contribution < 1.29 is 18.7 Å². The van der Waals surface area contributed by atoms with Gasteiger partial charge in [-0.2, -0.15) is 0 Å². The van der Waals surface area contributed by atoms with Gasteiger partial charge in [-0.15, -0.1) is 0 Å². The second kappa shape index (κ2) is 7.77. The van der Waals surface area contributed by atoms with Gasteiger partial charge in [-0.3, -0.25) is 14.9 Å². The molecule has 2 aliphatic rings. The molecule has 2 aromatic rings. The van der Waals surface area contributed by atoms with Crippen LogP contribution in [0, 0.1) is 12.7 Å². The Morgan fingerprint density at radius 1 is 1.06 bits per heavy atom. The van der Waals surface area contributed by atoms with Gasteiger partial charge >= 0.3 is 0 Å². The Bertz CT molecular complexity index is 1180. The van der Waals surface area contributed by atoms with E-state index < -0.39 is 17.0 Å². The van der Waals surface area contributed by atoms with E-state index in [4.69, 9.17) is 4.74 Å². The fourth-order valence-corrected chi connectivity index (χ4v) is 5.37. The molecule has 6 heteroatoms. The van der Waals surface area contributed by atoms with Crippen LogP contribution in [0.5, 0.6) is 5.75 Å². The molecule has 4 nitrogen and oxygen atoms in total. The topological polar surface area (TPSA) is 55.4 Å². The Kier molecular flexibility index (Phi) is 5.48. The van der Waals surface area contributed by atoms with E-state index in [0.717, 1.165) is 35.7 Å². The van der Waals surface area contributed by atoms with Gasteiger partial charge in [-0.1, -0.05) is 33.8 Å². The summed E-state index contributed by atoms with van der Waals surface area (Å²) in [5, 5.41) is 1.77. The molecule has 1 aliphatic carbocycles. The average Bonchev–Trinajstić information content (AvgIpc) is 3.04. The summed E-state index contributed by atoms with van der Waals surface area (Å²) in [6, 6.07) is 7.31. The highest BCUT2D eigenvalue weighted by Crippen LogP contribution is 2.49. The molecule has 168 valence electrons.